The van der Waals surface area contributed by atoms with Crippen LogP contribution in [0.15, 0.2) is 53.4 Å². The second kappa shape index (κ2) is 7.41. The van der Waals surface area contributed by atoms with E-state index < -0.39 is 16.2 Å². The lowest BCUT2D eigenvalue weighted by atomic mass is 10.2. The molecule has 0 spiro atoms. The molecule has 2 aromatic rings. The average Bonchev–Trinajstić information content (AvgIpc) is 2.49. The first-order chi connectivity index (χ1) is 10.9. The Kier molecular flexibility index (Phi) is 5.32. The lowest BCUT2D eigenvalue weighted by molar-refractivity contribution is -0.384. The third-order valence-corrected chi connectivity index (χ3v) is 3.49. The number of ether oxygens (including phenoxy) is 1. The van der Waals surface area contributed by atoms with Crippen LogP contribution < -0.4 is 4.74 Å². The summed E-state index contributed by atoms with van der Waals surface area (Å²) in [4.78, 5) is 32.9. The number of thioether (sulfide) groups is 1. The van der Waals surface area contributed by atoms with E-state index >= 15 is 0 Å². The van der Waals surface area contributed by atoms with Crippen LogP contribution in [-0.2, 0) is 11.2 Å². The topological polar surface area (TPSA) is 107 Å². The van der Waals surface area contributed by atoms with E-state index in [9.17, 15) is 19.7 Å². The van der Waals surface area contributed by atoms with Gasteiger partial charge in [0.05, 0.1) is 11.3 Å². The van der Waals surface area contributed by atoms with E-state index in [-0.39, 0.29) is 17.9 Å². The Morgan fingerprint density at radius 3 is 2.22 bits per heavy atom. The molecule has 8 heteroatoms. The van der Waals surface area contributed by atoms with E-state index in [2.05, 4.69) is 0 Å². The van der Waals surface area contributed by atoms with Gasteiger partial charge in [-0.25, -0.2) is 4.79 Å². The molecule has 0 radical (unpaired) electrons. The molecule has 23 heavy (non-hydrogen) atoms. The zero-order chi connectivity index (χ0) is 16.8. The molecule has 0 bridgehead atoms. The monoisotopic (exact) mass is 333 g/mol. The lowest BCUT2D eigenvalue weighted by Crippen LogP contribution is -2.01. The number of nitro groups is 1. The van der Waals surface area contributed by atoms with Crippen LogP contribution in [0.3, 0.4) is 0 Å². The number of carboxylic acids is 1. The first-order valence-corrected chi connectivity index (χ1v) is 7.20. The van der Waals surface area contributed by atoms with Gasteiger partial charge in [-0.05, 0) is 41.6 Å². The SMILES string of the molecule is O=C(O)Cc1ccc(SC(=O)Oc2ccc([N+](=O)[O-])cc2)cc1. The summed E-state index contributed by atoms with van der Waals surface area (Å²) in [6.07, 6.45) is -0.0851. The second-order valence-electron chi connectivity index (χ2n) is 4.42. The summed E-state index contributed by atoms with van der Waals surface area (Å²) < 4.78 is 5.06. The van der Waals surface area contributed by atoms with Crippen LogP contribution in [0, 0.1) is 10.1 Å². The molecule has 0 fully saturated rings. The molecule has 2 rings (SSSR count). The predicted octanol–water partition coefficient (Wildman–Crippen LogP) is 3.51. The number of non-ortho nitro benzene ring substituents is 1. The summed E-state index contributed by atoms with van der Waals surface area (Å²) >= 11 is 0.834. The highest BCUT2D eigenvalue weighted by Crippen LogP contribution is 2.24. The Hall–Kier alpha value is -2.87. The van der Waals surface area contributed by atoms with Crippen molar-refractivity contribution < 1.29 is 24.4 Å². The molecular weight excluding hydrogens is 322 g/mol. The van der Waals surface area contributed by atoms with Crippen molar-refractivity contribution in [2.45, 2.75) is 11.3 Å². The molecule has 0 aromatic heterocycles. The quantitative estimate of drug-likeness (QED) is 0.386. The molecule has 0 saturated carbocycles. The van der Waals surface area contributed by atoms with Crippen molar-refractivity contribution >= 4 is 28.7 Å². The smallest absolute Gasteiger partial charge is 0.377 e. The molecule has 0 aliphatic rings. The average molecular weight is 333 g/mol. The minimum absolute atomic E-state index is 0.0851. The Balaban J connectivity index is 1.93. The molecule has 0 aliphatic heterocycles. The van der Waals surface area contributed by atoms with Crippen LogP contribution in [0.1, 0.15) is 5.56 Å². The number of aliphatic carboxylic acids is 1. The number of benzene rings is 2. The van der Waals surface area contributed by atoms with Crippen LogP contribution in [0.4, 0.5) is 10.5 Å². The molecule has 0 unspecified atom stereocenters. The van der Waals surface area contributed by atoms with Gasteiger partial charge in [0.15, 0.2) is 0 Å². The fourth-order valence-corrected chi connectivity index (χ4v) is 2.30. The number of nitro benzene ring substituents is 1. The number of carbonyl (C=O) groups excluding carboxylic acids is 1. The van der Waals surface area contributed by atoms with E-state index in [0.29, 0.717) is 10.5 Å². The minimum atomic E-state index is -0.928. The van der Waals surface area contributed by atoms with Gasteiger partial charge in [-0.1, -0.05) is 12.1 Å². The van der Waals surface area contributed by atoms with Crippen molar-refractivity contribution in [3.8, 4) is 5.75 Å². The van der Waals surface area contributed by atoms with Gasteiger partial charge in [0, 0.05) is 17.0 Å². The summed E-state index contributed by atoms with van der Waals surface area (Å²) in [7, 11) is 0. The van der Waals surface area contributed by atoms with E-state index in [1.54, 1.807) is 24.3 Å². The second-order valence-corrected chi connectivity index (χ2v) is 5.43. The third-order valence-electron chi connectivity index (χ3n) is 2.73. The number of hydrogen-bond donors (Lipinski definition) is 1. The summed E-state index contributed by atoms with van der Waals surface area (Å²) in [5.41, 5.74) is 0.539. The molecule has 7 nitrogen and oxygen atoms in total. The maximum Gasteiger partial charge on any atom is 0.377 e. The predicted molar refractivity (Wildman–Crippen MR) is 82.8 cm³/mol. The largest absolute Gasteiger partial charge is 0.481 e. The lowest BCUT2D eigenvalue weighted by Gasteiger charge is -2.04. The molecular formula is C15H11NO6S. The van der Waals surface area contributed by atoms with Crippen LogP contribution in [0.5, 0.6) is 5.75 Å². The molecule has 0 heterocycles. The van der Waals surface area contributed by atoms with E-state index in [1.807, 2.05) is 0 Å². The van der Waals surface area contributed by atoms with Crippen LogP contribution in [0.2, 0.25) is 0 Å². The van der Waals surface area contributed by atoms with Crippen molar-refractivity contribution in [1.29, 1.82) is 0 Å². The van der Waals surface area contributed by atoms with Gasteiger partial charge in [0.25, 0.3) is 5.69 Å². The molecule has 118 valence electrons. The highest BCUT2D eigenvalue weighted by atomic mass is 32.2. The Bertz CT molecular complexity index is 727. The zero-order valence-corrected chi connectivity index (χ0v) is 12.5. The maximum atomic E-state index is 11.8. The van der Waals surface area contributed by atoms with E-state index in [0.717, 1.165) is 11.8 Å². The van der Waals surface area contributed by atoms with Gasteiger partial charge < -0.3 is 9.84 Å². The Morgan fingerprint density at radius 1 is 1.09 bits per heavy atom. The molecule has 0 aliphatic carbocycles. The summed E-state index contributed by atoms with van der Waals surface area (Å²) in [6, 6.07) is 11.7. The number of rotatable bonds is 5. The maximum absolute atomic E-state index is 11.8. The Labute approximate surface area is 135 Å². The molecule has 0 saturated heterocycles. The van der Waals surface area contributed by atoms with E-state index in [1.165, 1.54) is 24.3 Å². The zero-order valence-electron chi connectivity index (χ0n) is 11.7. The van der Waals surface area contributed by atoms with Crippen molar-refractivity contribution in [1.82, 2.24) is 0 Å². The summed E-state index contributed by atoms with van der Waals surface area (Å²) in [5.74, 6) is -0.724. The minimum Gasteiger partial charge on any atom is -0.481 e. The van der Waals surface area contributed by atoms with Crippen LogP contribution >= 0.6 is 11.8 Å². The number of carbonyl (C=O) groups is 2. The van der Waals surface area contributed by atoms with Crippen molar-refractivity contribution in [2.75, 3.05) is 0 Å². The molecule has 2 aromatic carbocycles. The van der Waals surface area contributed by atoms with Crippen molar-refractivity contribution in [3.63, 3.8) is 0 Å². The summed E-state index contributed by atoms with van der Waals surface area (Å²) in [5, 5.41) is 18.6. The first-order valence-electron chi connectivity index (χ1n) is 6.39. The summed E-state index contributed by atoms with van der Waals surface area (Å²) in [6.45, 7) is 0. The van der Waals surface area contributed by atoms with Crippen molar-refractivity contribution in [2.24, 2.45) is 0 Å². The van der Waals surface area contributed by atoms with Gasteiger partial charge >= 0.3 is 11.3 Å². The number of hydrogen-bond acceptors (Lipinski definition) is 6. The highest BCUT2D eigenvalue weighted by Gasteiger charge is 2.10. The van der Waals surface area contributed by atoms with E-state index in [4.69, 9.17) is 9.84 Å². The van der Waals surface area contributed by atoms with Gasteiger partial charge in [-0.3, -0.25) is 14.9 Å². The van der Waals surface area contributed by atoms with Crippen LogP contribution in [0.25, 0.3) is 0 Å². The van der Waals surface area contributed by atoms with Gasteiger partial charge in [-0.15, -0.1) is 0 Å². The van der Waals surface area contributed by atoms with Crippen LogP contribution in [-0.4, -0.2) is 21.3 Å². The standard InChI is InChI=1S/C15H11NO6S/c17-14(18)9-10-1-7-13(8-2-10)23-15(19)22-12-5-3-11(4-6-12)16(20)21/h1-8H,9H2,(H,17,18). The highest BCUT2D eigenvalue weighted by molar-refractivity contribution is 8.13. The Morgan fingerprint density at radius 2 is 1.70 bits per heavy atom. The van der Waals surface area contributed by atoms with Crippen molar-refractivity contribution in [3.05, 3.63) is 64.2 Å². The fourth-order valence-electron chi connectivity index (χ4n) is 1.70. The van der Waals surface area contributed by atoms with Gasteiger partial charge in [-0.2, -0.15) is 0 Å². The molecule has 0 atom stereocenters. The number of carboxylic acid groups (broad SMARTS) is 1. The fraction of sp³-hybridized carbons (Fsp3) is 0.0667. The molecule has 0 amide bonds. The first kappa shape index (κ1) is 16.5. The normalized spacial score (nSPS) is 10.1. The van der Waals surface area contributed by atoms with Gasteiger partial charge in [0.1, 0.15) is 5.75 Å². The molecule has 1 N–H and O–H groups in total. The van der Waals surface area contributed by atoms with Gasteiger partial charge in [0.2, 0.25) is 0 Å². The number of nitrogens with zero attached hydrogens (tertiary/aromatic N) is 1. The third kappa shape index (κ3) is 5.11.